The van der Waals surface area contributed by atoms with Crippen LogP contribution in [0.5, 0.6) is 5.75 Å². The van der Waals surface area contributed by atoms with Crippen LogP contribution in [-0.4, -0.2) is 37.4 Å². The van der Waals surface area contributed by atoms with E-state index in [1.165, 1.54) is 4.90 Å². The van der Waals surface area contributed by atoms with Crippen molar-refractivity contribution in [3.05, 3.63) is 58.7 Å². The summed E-state index contributed by atoms with van der Waals surface area (Å²) in [7, 11) is 3.40. The fourth-order valence-electron chi connectivity index (χ4n) is 2.44. The molecule has 5 nitrogen and oxygen atoms in total. The van der Waals surface area contributed by atoms with E-state index in [0.29, 0.717) is 11.3 Å². The van der Waals surface area contributed by atoms with Crippen molar-refractivity contribution in [2.75, 3.05) is 26.0 Å². The third-order valence-corrected chi connectivity index (χ3v) is 4.04. The number of aryl methyl sites for hydroxylation is 2. The maximum absolute atomic E-state index is 12.1. The molecular weight excluding hydrogens is 316 g/mol. The molecule has 0 radical (unpaired) electrons. The van der Waals surface area contributed by atoms with E-state index in [1.54, 1.807) is 38.4 Å². The Bertz CT molecular complexity index is 780. The van der Waals surface area contributed by atoms with Crippen LogP contribution in [0.4, 0.5) is 5.69 Å². The van der Waals surface area contributed by atoms with Crippen LogP contribution in [0.2, 0.25) is 0 Å². The van der Waals surface area contributed by atoms with Crippen molar-refractivity contribution in [3.8, 4) is 5.75 Å². The number of carbonyl (C=O) groups excluding carboxylic acids is 2. The van der Waals surface area contributed by atoms with Gasteiger partial charge in [0.15, 0.2) is 6.61 Å². The summed E-state index contributed by atoms with van der Waals surface area (Å²) < 4.78 is 5.70. The molecule has 0 atom stereocenters. The molecule has 2 aromatic carbocycles. The van der Waals surface area contributed by atoms with Gasteiger partial charge in [-0.15, -0.1) is 0 Å². The molecule has 0 aliphatic carbocycles. The minimum atomic E-state index is -0.244. The molecule has 2 amide bonds. The van der Waals surface area contributed by atoms with E-state index in [0.717, 1.165) is 22.4 Å². The summed E-state index contributed by atoms with van der Waals surface area (Å²) in [6, 6.07) is 10.8. The highest BCUT2D eigenvalue weighted by molar-refractivity contribution is 5.95. The molecule has 132 valence electrons. The van der Waals surface area contributed by atoms with Gasteiger partial charge in [-0.25, -0.2) is 0 Å². The molecule has 0 unspecified atom stereocenters. The molecule has 0 spiro atoms. The van der Waals surface area contributed by atoms with Gasteiger partial charge < -0.3 is 15.0 Å². The highest BCUT2D eigenvalue weighted by Crippen LogP contribution is 2.25. The van der Waals surface area contributed by atoms with Crippen LogP contribution in [0.1, 0.15) is 27.0 Å². The first-order valence-corrected chi connectivity index (χ1v) is 8.10. The Kier molecular flexibility index (Phi) is 5.80. The van der Waals surface area contributed by atoms with Gasteiger partial charge in [0.1, 0.15) is 5.75 Å². The molecular formula is C20H24N2O3. The van der Waals surface area contributed by atoms with E-state index in [9.17, 15) is 9.59 Å². The summed E-state index contributed by atoms with van der Waals surface area (Å²) in [5, 5.41) is 2.77. The van der Waals surface area contributed by atoms with Crippen molar-refractivity contribution >= 4 is 17.5 Å². The van der Waals surface area contributed by atoms with Crippen molar-refractivity contribution in [1.29, 1.82) is 0 Å². The minimum Gasteiger partial charge on any atom is -0.483 e. The highest BCUT2D eigenvalue weighted by Gasteiger charge is 2.11. The summed E-state index contributed by atoms with van der Waals surface area (Å²) in [5.74, 6) is 0.431. The SMILES string of the molecule is Cc1ccc(C)c(OCC(=O)Nc2ccc(C(=O)N(C)C)cc2)c1C. The topological polar surface area (TPSA) is 58.6 Å². The molecule has 2 aromatic rings. The smallest absolute Gasteiger partial charge is 0.262 e. The van der Waals surface area contributed by atoms with Crippen LogP contribution in [0.3, 0.4) is 0 Å². The molecule has 1 N–H and O–H groups in total. The normalized spacial score (nSPS) is 10.3. The van der Waals surface area contributed by atoms with E-state index < -0.39 is 0 Å². The van der Waals surface area contributed by atoms with Crippen LogP contribution >= 0.6 is 0 Å². The fourth-order valence-corrected chi connectivity index (χ4v) is 2.44. The van der Waals surface area contributed by atoms with Crippen molar-refractivity contribution in [2.45, 2.75) is 20.8 Å². The quantitative estimate of drug-likeness (QED) is 0.908. The summed E-state index contributed by atoms with van der Waals surface area (Å²) >= 11 is 0. The Balaban J connectivity index is 1.97. The average molecular weight is 340 g/mol. The van der Waals surface area contributed by atoms with Gasteiger partial charge in [0, 0.05) is 25.3 Å². The lowest BCUT2D eigenvalue weighted by molar-refractivity contribution is -0.118. The standard InChI is InChI=1S/C20H24N2O3/c1-13-6-7-14(2)19(15(13)3)25-12-18(23)21-17-10-8-16(9-11-17)20(24)22(4)5/h6-11H,12H2,1-5H3,(H,21,23). The van der Waals surface area contributed by atoms with Crippen LogP contribution in [0.15, 0.2) is 36.4 Å². The average Bonchev–Trinajstić information content (AvgIpc) is 2.58. The van der Waals surface area contributed by atoms with Gasteiger partial charge in [-0.1, -0.05) is 12.1 Å². The van der Waals surface area contributed by atoms with Crippen molar-refractivity contribution < 1.29 is 14.3 Å². The Morgan fingerprint density at radius 3 is 2.16 bits per heavy atom. The number of nitrogens with zero attached hydrogens (tertiary/aromatic N) is 1. The first-order chi connectivity index (χ1) is 11.8. The van der Waals surface area contributed by atoms with Gasteiger partial charge in [0.05, 0.1) is 0 Å². The zero-order valence-corrected chi connectivity index (χ0v) is 15.3. The number of amides is 2. The number of hydrogen-bond donors (Lipinski definition) is 1. The van der Waals surface area contributed by atoms with Crippen molar-refractivity contribution in [1.82, 2.24) is 4.90 Å². The monoisotopic (exact) mass is 340 g/mol. The summed E-state index contributed by atoms with van der Waals surface area (Å²) in [4.78, 5) is 25.5. The van der Waals surface area contributed by atoms with Crippen LogP contribution in [-0.2, 0) is 4.79 Å². The molecule has 0 aromatic heterocycles. The van der Waals surface area contributed by atoms with Gasteiger partial charge in [-0.2, -0.15) is 0 Å². The van der Waals surface area contributed by atoms with Gasteiger partial charge in [-0.05, 0) is 61.7 Å². The maximum atomic E-state index is 12.1. The second kappa shape index (κ2) is 7.83. The molecule has 0 saturated carbocycles. The van der Waals surface area contributed by atoms with Gasteiger partial charge in [0.2, 0.25) is 0 Å². The maximum Gasteiger partial charge on any atom is 0.262 e. The second-order valence-electron chi connectivity index (χ2n) is 6.27. The molecule has 0 saturated heterocycles. The largest absolute Gasteiger partial charge is 0.483 e. The molecule has 2 rings (SSSR count). The zero-order valence-electron chi connectivity index (χ0n) is 15.3. The fraction of sp³-hybridized carbons (Fsp3) is 0.300. The number of nitrogens with one attached hydrogen (secondary N) is 1. The number of rotatable bonds is 5. The third kappa shape index (κ3) is 4.59. The minimum absolute atomic E-state index is 0.0660. The summed E-state index contributed by atoms with van der Waals surface area (Å²) in [6.45, 7) is 5.89. The van der Waals surface area contributed by atoms with E-state index >= 15 is 0 Å². The lowest BCUT2D eigenvalue weighted by Crippen LogP contribution is -2.22. The van der Waals surface area contributed by atoms with Crippen molar-refractivity contribution in [2.24, 2.45) is 0 Å². The number of ether oxygens (including phenoxy) is 1. The number of hydrogen-bond acceptors (Lipinski definition) is 3. The Labute approximate surface area is 148 Å². The second-order valence-corrected chi connectivity index (χ2v) is 6.27. The van der Waals surface area contributed by atoms with Crippen molar-refractivity contribution in [3.63, 3.8) is 0 Å². The van der Waals surface area contributed by atoms with E-state index in [1.807, 2.05) is 32.9 Å². The molecule has 0 aliphatic rings. The summed E-state index contributed by atoms with van der Waals surface area (Å²) in [5.41, 5.74) is 4.37. The number of benzene rings is 2. The van der Waals surface area contributed by atoms with Crippen LogP contribution in [0, 0.1) is 20.8 Å². The summed E-state index contributed by atoms with van der Waals surface area (Å²) in [6.07, 6.45) is 0. The first-order valence-electron chi connectivity index (χ1n) is 8.10. The zero-order chi connectivity index (χ0) is 18.6. The van der Waals surface area contributed by atoms with E-state index in [2.05, 4.69) is 5.32 Å². The Morgan fingerprint density at radius 1 is 0.960 bits per heavy atom. The van der Waals surface area contributed by atoms with Gasteiger partial charge in [0.25, 0.3) is 11.8 Å². The lowest BCUT2D eigenvalue weighted by Gasteiger charge is -2.14. The van der Waals surface area contributed by atoms with Gasteiger partial charge >= 0.3 is 0 Å². The molecule has 25 heavy (non-hydrogen) atoms. The number of anilines is 1. The van der Waals surface area contributed by atoms with Crippen LogP contribution in [0.25, 0.3) is 0 Å². The predicted octanol–water partition coefficient (Wildman–Crippen LogP) is 3.33. The lowest BCUT2D eigenvalue weighted by atomic mass is 10.1. The third-order valence-electron chi connectivity index (χ3n) is 4.04. The first kappa shape index (κ1) is 18.5. The highest BCUT2D eigenvalue weighted by atomic mass is 16.5. The molecule has 0 fully saturated rings. The Hall–Kier alpha value is -2.82. The van der Waals surface area contributed by atoms with Crippen LogP contribution < -0.4 is 10.1 Å². The van der Waals surface area contributed by atoms with E-state index in [4.69, 9.17) is 4.74 Å². The molecule has 0 bridgehead atoms. The van der Waals surface area contributed by atoms with Gasteiger partial charge in [-0.3, -0.25) is 9.59 Å². The molecule has 5 heteroatoms. The molecule has 0 heterocycles. The predicted molar refractivity (Wildman–Crippen MR) is 99.2 cm³/mol. The number of carbonyl (C=O) groups is 2. The van der Waals surface area contributed by atoms with E-state index in [-0.39, 0.29) is 18.4 Å². The molecule has 0 aliphatic heterocycles. The Morgan fingerprint density at radius 2 is 1.56 bits per heavy atom.